The zero-order valence-electron chi connectivity index (χ0n) is 17.0. The Morgan fingerprint density at radius 2 is 1.83 bits per heavy atom. The summed E-state index contributed by atoms with van der Waals surface area (Å²) in [5.41, 5.74) is 1.88. The van der Waals surface area contributed by atoms with Crippen LogP contribution >= 0.6 is 12.2 Å². The van der Waals surface area contributed by atoms with Gasteiger partial charge in [0.1, 0.15) is 5.75 Å². The third kappa shape index (κ3) is 6.54. The summed E-state index contributed by atoms with van der Waals surface area (Å²) in [6.07, 6.45) is 2.07. The molecular formula is C23H29N3O2S. The summed E-state index contributed by atoms with van der Waals surface area (Å²) in [6.45, 7) is 7.19. The largest absolute Gasteiger partial charge is 0.494 e. The molecule has 2 aromatic carbocycles. The average Bonchev–Trinajstić information content (AvgIpc) is 2.75. The average molecular weight is 412 g/mol. The van der Waals surface area contributed by atoms with Crippen LogP contribution in [0.15, 0.2) is 54.6 Å². The molecule has 154 valence electrons. The molecule has 0 atom stereocenters. The minimum absolute atomic E-state index is 0.192. The minimum atomic E-state index is -0.192. The quantitative estimate of drug-likeness (QED) is 0.556. The summed E-state index contributed by atoms with van der Waals surface area (Å²) in [7, 11) is 0. The molecule has 2 aromatic rings. The van der Waals surface area contributed by atoms with E-state index < -0.39 is 0 Å². The topological polar surface area (TPSA) is 44.8 Å². The standard InChI is InChI=1S/C23H29N3O2S/c1-2-3-16-28-21-11-7-10-20(17-21)22(27)24-23(29)26-14-12-25(13-15-26)18-19-8-5-4-6-9-19/h4-11,17H,2-3,12-16,18H2,1H3,(H,24,27,29). The SMILES string of the molecule is CCCCOc1cccc(C(=O)NC(=S)N2CCN(Cc3ccccc3)CC2)c1. The second-order valence-corrected chi connectivity index (χ2v) is 7.62. The van der Waals surface area contributed by atoms with Gasteiger partial charge in [0.25, 0.3) is 5.91 Å². The number of carbonyl (C=O) groups is 1. The number of amides is 1. The van der Waals surface area contributed by atoms with Crippen LogP contribution in [0, 0.1) is 0 Å². The number of thiocarbonyl (C=S) groups is 1. The van der Waals surface area contributed by atoms with Gasteiger partial charge in [-0.25, -0.2) is 0 Å². The number of piperazine rings is 1. The van der Waals surface area contributed by atoms with Gasteiger partial charge in [0, 0.05) is 38.3 Å². The van der Waals surface area contributed by atoms with Crippen molar-refractivity contribution in [1.29, 1.82) is 0 Å². The van der Waals surface area contributed by atoms with Gasteiger partial charge in [-0.15, -0.1) is 0 Å². The summed E-state index contributed by atoms with van der Waals surface area (Å²) < 4.78 is 5.69. The molecule has 0 aliphatic carbocycles. The fourth-order valence-corrected chi connectivity index (χ4v) is 3.54. The zero-order valence-corrected chi connectivity index (χ0v) is 17.8. The van der Waals surface area contributed by atoms with Crippen LogP contribution in [0.1, 0.15) is 35.7 Å². The molecule has 1 amide bonds. The summed E-state index contributed by atoms with van der Waals surface area (Å²) >= 11 is 5.48. The van der Waals surface area contributed by atoms with Gasteiger partial charge in [0.05, 0.1) is 6.61 Å². The van der Waals surface area contributed by atoms with Crippen molar-refractivity contribution in [2.24, 2.45) is 0 Å². The molecule has 0 radical (unpaired) electrons. The fraction of sp³-hybridized carbons (Fsp3) is 0.391. The summed E-state index contributed by atoms with van der Waals surface area (Å²) in [6, 6.07) is 17.7. The van der Waals surface area contributed by atoms with Gasteiger partial charge in [0.2, 0.25) is 0 Å². The Bertz CT molecular complexity index is 805. The van der Waals surface area contributed by atoms with Crippen molar-refractivity contribution < 1.29 is 9.53 Å². The number of nitrogens with zero attached hydrogens (tertiary/aromatic N) is 2. The first-order valence-electron chi connectivity index (χ1n) is 10.2. The predicted octanol–water partition coefficient (Wildman–Crippen LogP) is 3.70. The Hall–Kier alpha value is -2.44. The van der Waals surface area contributed by atoms with Crippen molar-refractivity contribution in [3.05, 3.63) is 65.7 Å². The highest BCUT2D eigenvalue weighted by Gasteiger charge is 2.20. The van der Waals surface area contributed by atoms with E-state index in [2.05, 4.69) is 46.3 Å². The molecule has 0 unspecified atom stereocenters. The van der Waals surface area contributed by atoms with Crippen molar-refractivity contribution >= 4 is 23.2 Å². The molecule has 0 aromatic heterocycles. The Balaban J connectivity index is 1.47. The van der Waals surface area contributed by atoms with Crippen molar-refractivity contribution in [1.82, 2.24) is 15.1 Å². The zero-order chi connectivity index (χ0) is 20.5. The van der Waals surface area contributed by atoms with Crippen LogP contribution in [0.4, 0.5) is 0 Å². The molecule has 3 rings (SSSR count). The fourth-order valence-electron chi connectivity index (χ4n) is 3.26. The second-order valence-electron chi connectivity index (χ2n) is 7.24. The minimum Gasteiger partial charge on any atom is -0.494 e. The molecule has 1 heterocycles. The molecular weight excluding hydrogens is 382 g/mol. The van der Waals surface area contributed by atoms with Gasteiger partial charge in [-0.05, 0) is 42.4 Å². The number of hydrogen-bond donors (Lipinski definition) is 1. The van der Waals surface area contributed by atoms with E-state index in [9.17, 15) is 4.79 Å². The molecule has 0 bridgehead atoms. The molecule has 1 saturated heterocycles. The van der Waals surface area contributed by atoms with Gasteiger partial charge in [-0.2, -0.15) is 0 Å². The number of carbonyl (C=O) groups excluding carboxylic acids is 1. The third-order valence-corrected chi connectivity index (χ3v) is 5.35. The smallest absolute Gasteiger partial charge is 0.257 e. The van der Waals surface area contributed by atoms with Crippen molar-refractivity contribution in [3.8, 4) is 5.75 Å². The summed E-state index contributed by atoms with van der Waals surface area (Å²) in [5.74, 6) is 0.522. The lowest BCUT2D eigenvalue weighted by Crippen LogP contribution is -2.52. The molecule has 1 aliphatic heterocycles. The first-order valence-corrected chi connectivity index (χ1v) is 10.7. The highest BCUT2D eigenvalue weighted by atomic mass is 32.1. The Kier molecular flexibility index (Phi) is 8.02. The highest BCUT2D eigenvalue weighted by molar-refractivity contribution is 7.80. The monoisotopic (exact) mass is 411 g/mol. The van der Waals surface area contributed by atoms with Gasteiger partial charge < -0.3 is 9.64 Å². The van der Waals surface area contributed by atoms with Crippen LogP contribution in [0.2, 0.25) is 0 Å². The molecule has 1 fully saturated rings. The van der Waals surface area contributed by atoms with Gasteiger partial charge in [-0.1, -0.05) is 49.7 Å². The first-order chi connectivity index (χ1) is 14.2. The van der Waals surface area contributed by atoms with E-state index in [0.717, 1.165) is 45.6 Å². The highest BCUT2D eigenvalue weighted by Crippen LogP contribution is 2.14. The van der Waals surface area contributed by atoms with Crippen LogP contribution in [0.3, 0.4) is 0 Å². The van der Waals surface area contributed by atoms with Crippen LogP contribution in [0.25, 0.3) is 0 Å². The van der Waals surface area contributed by atoms with Gasteiger partial charge >= 0.3 is 0 Å². The molecule has 0 saturated carbocycles. The Labute approximate surface area is 178 Å². The maximum atomic E-state index is 12.6. The van der Waals surface area contributed by atoms with Crippen LogP contribution in [0.5, 0.6) is 5.75 Å². The van der Waals surface area contributed by atoms with Crippen LogP contribution in [-0.4, -0.2) is 53.6 Å². The first kappa shape index (κ1) is 21.3. The number of nitrogens with one attached hydrogen (secondary N) is 1. The van der Waals surface area contributed by atoms with E-state index in [1.54, 1.807) is 12.1 Å². The molecule has 1 aliphatic rings. The maximum absolute atomic E-state index is 12.6. The molecule has 5 nitrogen and oxygen atoms in total. The Morgan fingerprint density at radius 1 is 1.07 bits per heavy atom. The number of rotatable bonds is 7. The predicted molar refractivity (Wildman–Crippen MR) is 120 cm³/mol. The summed E-state index contributed by atoms with van der Waals surface area (Å²) in [5, 5.41) is 3.36. The van der Waals surface area contributed by atoms with Crippen LogP contribution < -0.4 is 10.1 Å². The molecule has 29 heavy (non-hydrogen) atoms. The summed E-state index contributed by atoms with van der Waals surface area (Å²) in [4.78, 5) is 17.1. The van der Waals surface area contributed by atoms with E-state index in [-0.39, 0.29) is 5.91 Å². The normalized spacial score (nSPS) is 14.4. The van der Waals surface area contributed by atoms with Crippen molar-refractivity contribution in [2.45, 2.75) is 26.3 Å². The van der Waals surface area contributed by atoms with E-state index in [0.29, 0.717) is 23.0 Å². The number of unbranched alkanes of at least 4 members (excludes halogenated alkanes) is 1. The molecule has 1 N–H and O–H groups in total. The Morgan fingerprint density at radius 3 is 2.55 bits per heavy atom. The number of benzene rings is 2. The van der Waals surface area contributed by atoms with Gasteiger partial charge in [0.15, 0.2) is 5.11 Å². The van der Waals surface area contributed by atoms with Crippen molar-refractivity contribution in [2.75, 3.05) is 32.8 Å². The van der Waals surface area contributed by atoms with E-state index in [1.807, 2.05) is 18.2 Å². The van der Waals surface area contributed by atoms with E-state index in [1.165, 1.54) is 5.56 Å². The van der Waals surface area contributed by atoms with Crippen molar-refractivity contribution in [3.63, 3.8) is 0 Å². The lowest BCUT2D eigenvalue weighted by atomic mass is 10.2. The molecule has 0 spiro atoms. The van der Waals surface area contributed by atoms with E-state index in [4.69, 9.17) is 17.0 Å². The lowest BCUT2D eigenvalue weighted by Gasteiger charge is -2.36. The van der Waals surface area contributed by atoms with Crippen LogP contribution in [-0.2, 0) is 6.54 Å². The third-order valence-electron chi connectivity index (χ3n) is 4.99. The molecule has 6 heteroatoms. The van der Waals surface area contributed by atoms with E-state index >= 15 is 0 Å². The maximum Gasteiger partial charge on any atom is 0.257 e. The number of ether oxygens (including phenoxy) is 1. The second kappa shape index (κ2) is 10.9. The lowest BCUT2D eigenvalue weighted by molar-refractivity contribution is 0.0968. The van der Waals surface area contributed by atoms with Gasteiger partial charge in [-0.3, -0.25) is 15.0 Å². The number of hydrogen-bond acceptors (Lipinski definition) is 4.